The summed E-state index contributed by atoms with van der Waals surface area (Å²) in [5.41, 5.74) is 2.64. The van der Waals surface area contributed by atoms with Crippen LogP contribution in [-0.4, -0.2) is 9.78 Å². The Bertz CT molecular complexity index is 315. The van der Waals surface area contributed by atoms with Gasteiger partial charge in [0.05, 0.1) is 5.69 Å². The second-order valence-corrected chi connectivity index (χ2v) is 4.93. The molecule has 0 aromatic carbocycles. The van der Waals surface area contributed by atoms with E-state index in [2.05, 4.69) is 38.4 Å². The Labute approximate surface area is 106 Å². The van der Waals surface area contributed by atoms with Crippen molar-refractivity contribution in [2.45, 2.75) is 72.8 Å². The van der Waals surface area contributed by atoms with E-state index in [0.29, 0.717) is 0 Å². The molecule has 1 unspecified atom stereocenters. The fourth-order valence-corrected chi connectivity index (χ4v) is 2.29. The number of nitrogens with zero attached hydrogens (tertiary/aromatic N) is 2. The number of unbranched alkanes of at least 4 members (excludes halogenated alkanes) is 1. The molecule has 1 aromatic heterocycles. The summed E-state index contributed by atoms with van der Waals surface area (Å²) in [5, 5.41) is 4.71. The number of hydrogen-bond acceptors (Lipinski definition) is 1. The lowest BCUT2D eigenvalue weighted by Crippen LogP contribution is -2.13. The maximum absolute atomic E-state index is 4.71. The molecule has 0 saturated carbocycles. The zero-order chi connectivity index (χ0) is 12.7. The van der Waals surface area contributed by atoms with E-state index in [-0.39, 0.29) is 0 Å². The van der Waals surface area contributed by atoms with Crippen molar-refractivity contribution in [1.29, 1.82) is 0 Å². The predicted molar refractivity (Wildman–Crippen MR) is 74.3 cm³/mol. The first-order valence-corrected chi connectivity index (χ1v) is 7.30. The minimum absolute atomic E-state index is 0.796. The van der Waals surface area contributed by atoms with Gasteiger partial charge in [-0.25, -0.2) is 0 Å². The first-order chi connectivity index (χ1) is 8.24. The van der Waals surface area contributed by atoms with Crippen molar-refractivity contribution in [2.24, 2.45) is 5.92 Å². The first kappa shape index (κ1) is 14.3. The van der Waals surface area contributed by atoms with Gasteiger partial charge in [0.25, 0.3) is 0 Å². The van der Waals surface area contributed by atoms with Crippen LogP contribution in [0.15, 0.2) is 6.07 Å². The molecule has 1 heterocycles. The van der Waals surface area contributed by atoms with Gasteiger partial charge in [-0.1, -0.05) is 47.0 Å². The van der Waals surface area contributed by atoms with E-state index >= 15 is 0 Å². The summed E-state index contributed by atoms with van der Waals surface area (Å²) in [7, 11) is 0. The highest BCUT2D eigenvalue weighted by Crippen LogP contribution is 2.17. The van der Waals surface area contributed by atoms with Crippen LogP contribution < -0.4 is 0 Å². The van der Waals surface area contributed by atoms with Crippen molar-refractivity contribution < 1.29 is 0 Å². The lowest BCUT2D eigenvalue weighted by Gasteiger charge is -2.16. The molecule has 0 fully saturated rings. The molecule has 98 valence electrons. The summed E-state index contributed by atoms with van der Waals surface area (Å²) >= 11 is 0. The third-order valence-electron chi connectivity index (χ3n) is 3.61. The van der Waals surface area contributed by atoms with E-state index in [9.17, 15) is 0 Å². The van der Waals surface area contributed by atoms with Gasteiger partial charge < -0.3 is 0 Å². The van der Waals surface area contributed by atoms with Crippen LogP contribution in [-0.2, 0) is 19.4 Å². The monoisotopic (exact) mass is 236 g/mol. The SMILES string of the molecule is CCCCC(CC)Cn1nc(CC)cc1CC. The van der Waals surface area contributed by atoms with Gasteiger partial charge in [0.2, 0.25) is 0 Å². The Morgan fingerprint density at radius 2 is 1.94 bits per heavy atom. The molecule has 1 aromatic rings. The number of aromatic nitrogens is 2. The molecule has 2 nitrogen and oxygen atoms in total. The van der Waals surface area contributed by atoms with Crippen LogP contribution in [0.1, 0.15) is 64.8 Å². The maximum atomic E-state index is 4.71. The third kappa shape index (κ3) is 4.18. The Morgan fingerprint density at radius 3 is 2.47 bits per heavy atom. The van der Waals surface area contributed by atoms with Crippen LogP contribution in [0.3, 0.4) is 0 Å². The van der Waals surface area contributed by atoms with Gasteiger partial charge in [0.15, 0.2) is 0 Å². The quantitative estimate of drug-likeness (QED) is 0.660. The van der Waals surface area contributed by atoms with Gasteiger partial charge in [-0.2, -0.15) is 5.10 Å². The highest BCUT2D eigenvalue weighted by molar-refractivity contribution is 5.10. The third-order valence-corrected chi connectivity index (χ3v) is 3.61. The second-order valence-electron chi connectivity index (χ2n) is 4.93. The molecule has 1 rings (SSSR count). The Hall–Kier alpha value is -0.790. The summed E-state index contributed by atoms with van der Waals surface area (Å²) in [6.45, 7) is 10.1. The Balaban J connectivity index is 2.67. The number of rotatable bonds is 8. The van der Waals surface area contributed by atoms with Crippen LogP contribution in [0.25, 0.3) is 0 Å². The molecule has 0 radical (unpaired) electrons. The molecule has 0 bridgehead atoms. The smallest absolute Gasteiger partial charge is 0.0624 e. The molecular formula is C15H28N2. The summed E-state index contributed by atoms with van der Waals surface area (Å²) in [4.78, 5) is 0. The van der Waals surface area contributed by atoms with Gasteiger partial charge >= 0.3 is 0 Å². The molecule has 1 atom stereocenters. The lowest BCUT2D eigenvalue weighted by atomic mass is 9.99. The van der Waals surface area contributed by atoms with E-state index in [1.807, 2.05) is 0 Å². The van der Waals surface area contributed by atoms with Gasteiger partial charge in [-0.15, -0.1) is 0 Å². The molecule has 0 aliphatic heterocycles. The van der Waals surface area contributed by atoms with Crippen molar-refractivity contribution >= 4 is 0 Å². The summed E-state index contributed by atoms with van der Waals surface area (Å²) in [6, 6.07) is 2.27. The topological polar surface area (TPSA) is 17.8 Å². The van der Waals surface area contributed by atoms with Crippen LogP contribution in [0.4, 0.5) is 0 Å². The van der Waals surface area contributed by atoms with Crippen molar-refractivity contribution in [3.05, 3.63) is 17.5 Å². The summed E-state index contributed by atoms with van der Waals surface area (Å²) in [6.07, 6.45) is 7.41. The molecule has 0 saturated heterocycles. The molecule has 0 spiro atoms. The van der Waals surface area contributed by atoms with Crippen LogP contribution in [0.5, 0.6) is 0 Å². The van der Waals surface area contributed by atoms with Gasteiger partial charge in [-0.05, 0) is 31.2 Å². The van der Waals surface area contributed by atoms with Crippen molar-refractivity contribution in [1.82, 2.24) is 9.78 Å². The van der Waals surface area contributed by atoms with Crippen LogP contribution in [0.2, 0.25) is 0 Å². The van der Waals surface area contributed by atoms with E-state index in [1.54, 1.807) is 0 Å². The van der Waals surface area contributed by atoms with E-state index in [0.717, 1.165) is 25.3 Å². The molecule has 17 heavy (non-hydrogen) atoms. The average molecular weight is 236 g/mol. The largest absolute Gasteiger partial charge is 0.269 e. The molecule has 2 heteroatoms. The minimum Gasteiger partial charge on any atom is -0.269 e. The van der Waals surface area contributed by atoms with Crippen molar-refractivity contribution in [3.63, 3.8) is 0 Å². The molecule has 0 aliphatic rings. The number of aryl methyl sites for hydroxylation is 2. The standard InChI is InChI=1S/C15H28N2/c1-5-9-10-13(6-2)12-17-15(8-4)11-14(7-3)16-17/h11,13H,5-10,12H2,1-4H3. The van der Waals surface area contributed by atoms with E-state index < -0.39 is 0 Å². The normalized spacial score (nSPS) is 12.9. The molecule has 0 aliphatic carbocycles. The van der Waals surface area contributed by atoms with Gasteiger partial charge in [-0.3, -0.25) is 4.68 Å². The Morgan fingerprint density at radius 1 is 1.18 bits per heavy atom. The van der Waals surface area contributed by atoms with Gasteiger partial charge in [0, 0.05) is 12.2 Å². The van der Waals surface area contributed by atoms with Crippen molar-refractivity contribution in [3.8, 4) is 0 Å². The van der Waals surface area contributed by atoms with E-state index in [4.69, 9.17) is 5.10 Å². The molecular weight excluding hydrogens is 208 g/mol. The van der Waals surface area contributed by atoms with Crippen LogP contribution in [0, 0.1) is 5.92 Å². The zero-order valence-electron chi connectivity index (χ0n) is 12.0. The molecule has 0 N–H and O–H groups in total. The van der Waals surface area contributed by atoms with Gasteiger partial charge in [0.1, 0.15) is 0 Å². The highest BCUT2D eigenvalue weighted by atomic mass is 15.3. The predicted octanol–water partition coefficient (Wildman–Crippen LogP) is 4.22. The van der Waals surface area contributed by atoms with Crippen LogP contribution >= 0.6 is 0 Å². The minimum atomic E-state index is 0.796. The lowest BCUT2D eigenvalue weighted by molar-refractivity contribution is 0.365. The second kappa shape index (κ2) is 7.52. The first-order valence-electron chi connectivity index (χ1n) is 7.30. The average Bonchev–Trinajstić information content (AvgIpc) is 2.76. The highest BCUT2D eigenvalue weighted by Gasteiger charge is 2.11. The van der Waals surface area contributed by atoms with Crippen molar-refractivity contribution in [2.75, 3.05) is 0 Å². The fourth-order valence-electron chi connectivity index (χ4n) is 2.29. The van der Waals surface area contributed by atoms with E-state index in [1.165, 1.54) is 37.1 Å². The number of hydrogen-bond donors (Lipinski definition) is 0. The fraction of sp³-hybridized carbons (Fsp3) is 0.800. The maximum Gasteiger partial charge on any atom is 0.0624 e. The summed E-state index contributed by atoms with van der Waals surface area (Å²) < 4.78 is 2.25. The zero-order valence-corrected chi connectivity index (χ0v) is 12.0. The summed E-state index contributed by atoms with van der Waals surface area (Å²) in [5.74, 6) is 0.796. The Kier molecular flexibility index (Phi) is 6.31. The molecule has 0 amide bonds.